The van der Waals surface area contributed by atoms with Crippen LogP contribution in [0.1, 0.15) is 16.7 Å². The third kappa shape index (κ3) is 3.77. The molecule has 0 aliphatic carbocycles. The fraction of sp³-hybridized carbons (Fsp3) is 0.158. The van der Waals surface area contributed by atoms with Crippen molar-refractivity contribution in [3.05, 3.63) is 75.5 Å². The number of aromatic nitrogens is 2. The van der Waals surface area contributed by atoms with Crippen LogP contribution in [0.25, 0.3) is 0 Å². The lowest BCUT2D eigenvalue weighted by Crippen LogP contribution is -2.06. The highest BCUT2D eigenvalue weighted by molar-refractivity contribution is 5.71. The van der Waals surface area contributed by atoms with Gasteiger partial charge in [-0.3, -0.25) is 10.1 Å². The zero-order valence-electron chi connectivity index (χ0n) is 14.8. The highest BCUT2D eigenvalue weighted by Gasteiger charge is 2.19. The maximum atomic E-state index is 11.4. The number of para-hydroxylation sites is 1. The first-order valence-electron chi connectivity index (χ1n) is 8.12. The molecule has 0 unspecified atom stereocenters. The molecule has 1 aromatic heterocycles. The van der Waals surface area contributed by atoms with E-state index in [-0.39, 0.29) is 17.5 Å². The Kier molecular flexibility index (Phi) is 4.79. The van der Waals surface area contributed by atoms with Crippen molar-refractivity contribution in [1.82, 2.24) is 9.97 Å². The molecule has 0 aliphatic rings. The van der Waals surface area contributed by atoms with Crippen LogP contribution < -0.4 is 10.6 Å². The van der Waals surface area contributed by atoms with E-state index in [9.17, 15) is 10.1 Å². The molecule has 0 radical (unpaired) electrons. The molecule has 3 aromatic rings. The molecule has 132 valence electrons. The molecule has 7 nitrogen and oxygen atoms in total. The Hall–Kier alpha value is -3.48. The fourth-order valence-corrected chi connectivity index (χ4v) is 2.81. The molecule has 0 aliphatic heterocycles. The molecule has 2 aromatic carbocycles. The first-order valence-corrected chi connectivity index (χ1v) is 8.12. The number of hydrogen-bond acceptors (Lipinski definition) is 6. The molecule has 0 saturated heterocycles. The number of hydrogen-bond donors (Lipinski definition) is 2. The van der Waals surface area contributed by atoms with Crippen LogP contribution >= 0.6 is 0 Å². The van der Waals surface area contributed by atoms with Gasteiger partial charge < -0.3 is 10.6 Å². The van der Waals surface area contributed by atoms with E-state index < -0.39 is 4.92 Å². The molecule has 7 heteroatoms. The number of nitrogens with zero attached hydrogens (tertiary/aromatic N) is 3. The quantitative estimate of drug-likeness (QED) is 0.508. The second kappa shape index (κ2) is 7.18. The van der Waals surface area contributed by atoms with Gasteiger partial charge in [-0.2, -0.15) is 4.98 Å². The predicted molar refractivity (Wildman–Crippen MR) is 102 cm³/mol. The van der Waals surface area contributed by atoms with Crippen LogP contribution in [0, 0.1) is 30.9 Å². The number of aryl methyl sites for hydroxylation is 3. The smallest absolute Gasteiger partial charge is 0.329 e. The van der Waals surface area contributed by atoms with Gasteiger partial charge in [0.05, 0.1) is 4.92 Å². The van der Waals surface area contributed by atoms with Crippen LogP contribution in [-0.4, -0.2) is 14.9 Å². The van der Waals surface area contributed by atoms with Crippen LogP contribution in [0.4, 0.5) is 28.8 Å². The van der Waals surface area contributed by atoms with Crippen LogP contribution in [0.2, 0.25) is 0 Å². The summed E-state index contributed by atoms with van der Waals surface area (Å²) in [7, 11) is 0. The normalized spacial score (nSPS) is 10.4. The van der Waals surface area contributed by atoms with Gasteiger partial charge in [-0.1, -0.05) is 35.9 Å². The summed E-state index contributed by atoms with van der Waals surface area (Å²) in [6, 6.07) is 13.4. The van der Waals surface area contributed by atoms with Gasteiger partial charge in [-0.15, -0.1) is 0 Å². The van der Waals surface area contributed by atoms with Gasteiger partial charge in [0.2, 0.25) is 11.8 Å². The van der Waals surface area contributed by atoms with E-state index in [1.54, 1.807) is 0 Å². The molecule has 0 amide bonds. The largest absolute Gasteiger partial charge is 0.334 e. The molecular formula is C19H19N5O2. The summed E-state index contributed by atoms with van der Waals surface area (Å²) in [4.78, 5) is 19.2. The van der Waals surface area contributed by atoms with Crippen LogP contribution in [0.15, 0.2) is 48.7 Å². The molecule has 0 fully saturated rings. The third-order valence-corrected chi connectivity index (χ3v) is 3.92. The summed E-state index contributed by atoms with van der Waals surface area (Å²) in [5.74, 6) is 0.435. The molecule has 0 spiro atoms. The first kappa shape index (κ1) is 17.3. The van der Waals surface area contributed by atoms with E-state index in [1.165, 1.54) is 6.20 Å². The van der Waals surface area contributed by atoms with Gasteiger partial charge in [-0.05, 0) is 44.0 Å². The van der Waals surface area contributed by atoms with Gasteiger partial charge in [-0.25, -0.2) is 4.98 Å². The molecule has 0 atom stereocenters. The molecule has 0 saturated carbocycles. The Morgan fingerprint density at radius 1 is 1.00 bits per heavy atom. The number of benzene rings is 2. The van der Waals surface area contributed by atoms with E-state index in [2.05, 4.69) is 20.6 Å². The Balaban J connectivity index is 1.99. The van der Waals surface area contributed by atoms with Crippen molar-refractivity contribution in [2.45, 2.75) is 20.8 Å². The molecule has 1 heterocycles. The summed E-state index contributed by atoms with van der Waals surface area (Å²) in [6.45, 7) is 5.93. The SMILES string of the molecule is Cc1cc(C)c(Nc2nc(Nc3ccccc3)ncc2[N+](=O)[O-])c(C)c1. The van der Waals surface area contributed by atoms with Crippen molar-refractivity contribution >= 4 is 28.8 Å². The lowest BCUT2D eigenvalue weighted by Gasteiger charge is -2.14. The van der Waals surface area contributed by atoms with Gasteiger partial charge in [0.1, 0.15) is 6.20 Å². The maximum Gasteiger partial charge on any atom is 0.329 e. The Bertz CT molecular complexity index is 934. The zero-order valence-corrected chi connectivity index (χ0v) is 14.8. The van der Waals surface area contributed by atoms with Gasteiger partial charge >= 0.3 is 5.69 Å². The Morgan fingerprint density at radius 3 is 2.27 bits per heavy atom. The second-order valence-corrected chi connectivity index (χ2v) is 6.07. The van der Waals surface area contributed by atoms with Gasteiger partial charge in [0.15, 0.2) is 0 Å². The number of anilines is 4. The van der Waals surface area contributed by atoms with E-state index in [1.807, 2.05) is 63.2 Å². The minimum absolute atomic E-state index is 0.151. The summed E-state index contributed by atoms with van der Waals surface area (Å²) >= 11 is 0. The Labute approximate surface area is 151 Å². The number of nitrogens with one attached hydrogen (secondary N) is 2. The molecule has 26 heavy (non-hydrogen) atoms. The van der Waals surface area contributed by atoms with Crippen molar-refractivity contribution in [1.29, 1.82) is 0 Å². The van der Waals surface area contributed by atoms with Crippen molar-refractivity contribution in [2.75, 3.05) is 10.6 Å². The summed E-state index contributed by atoms with van der Waals surface area (Å²) in [6.07, 6.45) is 1.21. The predicted octanol–water partition coefficient (Wildman–Crippen LogP) is 4.80. The van der Waals surface area contributed by atoms with Crippen molar-refractivity contribution in [2.24, 2.45) is 0 Å². The van der Waals surface area contributed by atoms with Crippen molar-refractivity contribution < 1.29 is 4.92 Å². The molecule has 2 N–H and O–H groups in total. The van der Waals surface area contributed by atoms with Crippen molar-refractivity contribution in [3.8, 4) is 0 Å². The fourth-order valence-electron chi connectivity index (χ4n) is 2.81. The van der Waals surface area contributed by atoms with E-state index in [4.69, 9.17) is 0 Å². The molecule has 3 rings (SSSR count). The van der Waals surface area contributed by atoms with E-state index >= 15 is 0 Å². The second-order valence-electron chi connectivity index (χ2n) is 6.07. The molecule has 0 bridgehead atoms. The van der Waals surface area contributed by atoms with Crippen LogP contribution in [0.3, 0.4) is 0 Å². The maximum absolute atomic E-state index is 11.4. The Morgan fingerprint density at radius 2 is 1.65 bits per heavy atom. The molecular weight excluding hydrogens is 330 g/mol. The third-order valence-electron chi connectivity index (χ3n) is 3.92. The van der Waals surface area contributed by atoms with Crippen LogP contribution in [0.5, 0.6) is 0 Å². The summed E-state index contributed by atoms with van der Waals surface area (Å²) in [5.41, 5.74) is 4.55. The first-order chi connectivity index (χ1) is 12.4. The van der Waals surface area contributed by atoms with Gasteiger partial charge in [0, 0.05) is 11.4 Å². The zero-order chi connectivity index (χ0) is 18.7. The lowest BCUT2D eigenvalue weighted by atomic mass is 10.1. The van der Waals surface area contributed by atoms with Crippen molar-refractivity contribution in [3.63, 3.8) is 0 Å². The monoisotopic (exact) mass is 349 g/mol. The summed E-state index contributed by atoms with van der Waals surface area (Å²) in [5, 5.41) is 17.5. The summed E-state index contributed by atoms with van der Waals surface area (Å²) < 4.78 is 0. The topological polar surface area (TPSA) is 93.0 Å². The van der Waals surface area contributed by atoms with E-state index in [0.29, 0.717) is 0 Å². The highest BCUT2D eigenvalue weighted by Crippen LogP contribution is 2.30. The lowest BCUT2D eigenvalue weighted by molar-refractivity contribution is -0.384. The number of nitro groups is 1. The minimum atomic E-state index is -0.493. The highest BCUT2D eigenvalue weighted by atomic mass is 16.6. The average molecular weight is 349 g/mol. The average Bonchev–Trinajstić information content (AvgIpc) is 2.59. The standard InChI is InChI=1S/C19H19N5O2/c1-12-9-13(2)17(14(3)10-12)22-18-16(24(25)26)11-20-19(23-18)21-15-7-5-4-6-8-15/h4-11H,1-3H3,(H2,20,21,22,23). The van der Waals surface area contributed by atoms with E-state index in [0.717, 1.165) is 28.1 Å². The minimum Gasteiger partial charge on any atom is -0.334 e. The number of rotatable bonds is 5. The van der Waals surface area contributed by atoms with Gasteiger partial charge in [0.25, 0.3) is 0 Å². The van der Waals surface area contributed by atoms with Crippen LogP contribution in [-0.2, 0) is 0 Å².